The minimum Gasteiger partial charge on any atom is -0.457 e. The van der Waals surface area contributed by atoms with Crippen molar-refractivity contribution >= 4 is 23.3 Å². The second-order valence-electron chi connectivity index (χ2n) is 8.12. The Hall–Kier alpha value is -3.93. The summed E-state index contributed by atoms with van der Waals surface area (Å²) >= 11 is 0. The van der Waals surface area contributed by atoms with Gasteiger partial charge in [0.15, 0.2) is 6.10 Å². The molecule has 6 nitrogen and oxygen atoms in total. The number of rotatable bonds is 7. The van der Waals surface area contributed by atoms with Crippen molar-refractivity contribution in [2.75, 3.05) is 11.4 Å². The quantitative estimate of drug-likeness (QED) is 0.381. The number of hydrogen-bond donors (Lipinski definition) is 0. The van der Waals surface area contributed by atoms with E-state index in [4.69, 9.17) is 9.47 Å². The number of ketones is 1. The van der Waals surface area contributed by atoms with Crippen LogP contribution in [0.25, 0.3) is 0 Å². The fourth-order valence-electron chi connectivity index (χ4n) is 3.71. The molecule has 0 N–H and O–H groups in total. The standard InChI is InChI=1S/C27H25NO5/c1-18-8-12-23(13-9-18)33-24-14-10-22(11-15-24)28-17-21(16-25(28)29)27(31)32-19(2)26(30)20-6-4-3-5-7-20/h3-15,19,21H,16-17H2,1-2H3/t19-,21-/m0/s1. The molecule has 33 heavy (non-hydrogen) atoms. The largest absolute Gasteiger partial charge is 0.457 e. The molecule has 1 saturated heterocycles. The molecule has 1 heterocycles. The summed E-state index contributed by atoms with van der Waals surface area (Å²) in [6.45, 7) is 3.77. The van der Waals surface area contributed by atoms with Gasteiger partial charge in [0.2, 0.25) is 11.7 Å². The van der Waals surface area contributed by atoms with E-state index in [9.17, 15) is 14.4 Å². The van der Waals surface area contributed by atoms with Crippen LogP contribution in [0.1, 0.15) is 29.3 Å². The van der Waals surface area contributed by atoms with Gasteiger partial charge in [-0.1, -0.05) is 48.0 Å². The Morgan fingerprint density at radius 3 is 2.15 bits per heavy atom. The zero-order chi connectivity index (χ0) is 23.4. The van der Waals surface area contributed by atoms with Crippen LogP contribution in [-0.4, -0.2) is 30.3 Å². The summed E-state index contributed by atoms with van der Waals surface area (Å²) < 4.78 is 11.2. The average Bonchev–Trinajstić information content (AvgIpc) is 3.23. The molecular weight excluding hydrogens is 418 g/mol. The summed E-state index contributed by atoms with van der Waals surface area (Å²) in [5, 5.41) is 0. The van der Waals surface area contributed by atoms with Crippen LogP contribution < -0.4 is 9.64 Å². The Bertz CT molecular complexity index is 1140. The second-order valence-corrected chi connectivity index (χ2v) is 8.12. The van der Waals surface area contributed by atoms with Crippen molar-refractivity contribution in [3.8, 4) is 11.5 Å². The third-order valence-electron chi connectivity index (χ3n) is 5.58. The van der Waals surface area contributed by atoms with Crippen molar-refractivity contribution in [3.05, 3.63) is 90.0 Å². The molecule has 4 rings (SSSR count). The van der Waals surface area contributed by atoms with E-state index in [0.717, 1.165) is 11.3 Å². The molecular formula is C27H25NO5. The summed E-state index contributed by atoms with van der Waals surface area (Å²) in [5.41, 5.74) is 2.31. The van der Waals surface area contributed by atoms with E-state index in [1.165, 1.54) is 0 Å². The van der Waals surface area contributed by atoms with Gasteiger partial charge in [0.1, 0.15) is 11.5 Å². The van der Waals surface area contributed by atoms with Gasteiger partial charge in [-0.2, -0.15) is 0 Å². The molecule has 0 aliphatic carbocycles. The van der Waals surface area contributed by atoms with Gasteiger partial charge in [-0.25, -0.2) is 0 Å². The highest BCUT2D eigenvalue weighted by molar-refractivity contribution is 6.02. The predicted octanol–water partition coefficient (Wildman–Crippen LogP) is 4.95. The number of carbonyl (C=O) groups excluding carboxylic acids is 3. The highest BCUT2D eigenvalue weighted by atomic mass is 16.5. The van der Waals surface area contributed by atoms with Gasteiger partial charge in [-0.05, 0) is 50.2 Å². The lowest BCUT2D eigenvalue weighted by atomic mass is 10.1. The van der Waals surface area contributed by atoms with Crippen LogP contribution in [0.4, 0.5) is 5.69 Å². The molecule has 3 aromatic rings. The Balaban J connectivity index is 1.36. The Morgan fingerprint density at radius 2 is 1.52 bits per heavy atom. The smallest absolute Gasteiger partial charge is 0.312 e. The van der Waals surface area contributed by atoms with E-state index in [1.54, 1.807) is 60.4 Å². The maximum Gasteiger partial charge on any atom is 0.312 e. The van der Waals surface area contributed by atoms with E-state index in [1.807, 2.05) is 37.3 Å². The fourth-order valence-corrected chi connectivity index (χ4v) is 3.71. The molecule has 0 saturated carbocycles. The monoisotopic (exact) mass is 443 g/mol. The van der Waals surface area contributed by atoms with Gasteiger partial charge < -0.3 is 14.4 Å². The molecule has 3 aromatic carbocycles. The van der Waals surface area contributed by atoms with Crippen LogP contribution in [0.3, 0.4) is 0 Å². The summed E-state index contributed by atoms with van der Waals surface area (Å²) in [4.78, 5) is 39.2. The number of carbonyl (C=O) groups is 3. The molecule has 1 aliphatic heterocycles. The normalized spacial score (nSPS) is 16.4. The van der Waals surface area contributed by atoms with Crippen LogP contribution in [0.2, 0.25) is 0 Å². The first kappa shape index (κ1) is 22.3. The third-order valence-corrected chi connectivity index (χ3v) is 5.58. The topological polar surface area (TPSA) is 72.9 Å². The number of benzene rings is 3. The SMILES string of the molecule is Cc1ccc(Oc2ccc(N3C[C@@H](C(=O)O[C@@H](C)C(=O)c4ccccc4)CC3=O)cc2)cc1. The highest BCUT2D eigenvalue weighted by Crippen LogP contribution is 2.29. The summed E-state index contributed by atoms with van der Waals surface area (Å²) in [6.07, 6.45) is -0.866. The van der Waals surface area contributed by atoms with Crippen LogP contribution in [0.5, 0.6) is 11.5 Å². The first-order chi connectivity index (χ1) is 15.9. The lowest BCUT2D eigenvalue weighted by Gasteiger charge is -2.18. The van der Waals surface area contributed by atoms with Crippen molar-refractivity contribution in [1.29, 1.82) is 0 Å². The number of ether oxygens (including phenoxy) is 2. The van der Waals surface area contributed by atoms with Crippen LogP contribution in [-0.2, 0) is 14.3 Å². The van der Waals surface area contributed by atoms with E-state index in [2.05, 4.69) is 0 Å². The molecule has 1 aliphatic rings. The zero-order valence-electron chi connectivity index (χ0n) is 18.6. The maximum atomic E-state index is 12.6. The van der Waals surface area contributed by atoms with Gasteiger partial charge in [0.25, 0.3) is 0 Å². The van der Waals surface area contributed by atoms with Crippen molar-refractivity contribution in [3.63, 3.8) is 0 Å². The van der Waals surface area contributed by atoms with Crippen molar-refractivity contribution in [2.45, 2.75) is 26.4 Å². The Labute approximate surface area is 192 Å². The van der Waals surface area contributed by atoms with E-state index >= 15 is 0 Å². The van der Waals surface area contributed by atoms with Gasteiger partial charge >= 0.3 is 5.97 Å². The first-order valence-electron chi connectivity index (χ1n) is 10.9. The van der Waals surface area contributed by atoms with Crippen LogP contribution in [0, 0.1) is 12.8 Å². The highest BCUT2D eigenvalue weighted by Gasteiger charge is 2.37. The van der Waals surface area contributed by atoms with Gasteiger partial charge in [-0.3, -0.25) is 14.4 Å². The predicted molar refractivity (Wildman–Crippen MR) is 124 cm³/mol. The summed E-state index contributed by atoms with van der Waals surface area (Å²) in [7, 11) is 0. The molecule has 1 fully saturated rings. The minimum absolute atomic E-state index is 0.0483. The summed E-state index contributed by atoms with van der Waals surface area (Å²) in [5.74, 6) is -0.208. The van der Waals surface area contributed by atoms with Gasteiger partial charge in [0, 0.05) is 24.2 Å². The fraction of sp³-hybridized carbons (Fsp3) is 0.222. The zero-order valence-corrected chi connectivity index (χ0v) is 18.6. The van der Waals surface area contributed by atoms with Crippen LogP contribution in [0.15, 0.2) is 78.9 Å². The molecule has 0 aromatic heterocycles. The number of esters is 1. The molecule has 6 heteroatoms. The number of nitrogens with zero attached hydrogens (tertiary/aromatic N) is 1. The van der Waals surface area contributed by atoms with Crippen molar-refractivity contribution in [2.24, 2.45) is 5.92 Å². The lowest BCUT2D eigenvalue weighted by Crippen LogP contribution is -2.30. The number of anilines is 1. The Morgan fingerprint density at radius 1 is 0.909 bits per heavy atom. The van der Waals surface area contributed by atoms with Crippen LogP contribution >= 0.6 is 0 Å². The molecule has 0 spiro atoms. The Kier molecular flexibility index (Phi) is 6.54. The number of amides is 1. The molecule has 2 atom stereocenters. The lowest BCUT2D eigenvalue weighted by molar-refractivity contribution is -0.151. The number of Topliss-reactive ketones (excluding diaryl/α,β-unsaturated/α-hetero) is 1. The molecule has 0 radical (unpaired) electrons. The number of aryl methyl sites for hydroxylation is 1. The second kappa shape index (κ2) is 9.69. The van der Waals surface area contributed by atoms with Gasteiger partial charge in [-0.15, -0.1) is 0 Å². The maximum absolute atomic E-state index is 12.6. The van der Waals surface area contributed by atoms with E-state index in [0.29, 0.717) is 17.0 Å². The minimum atomic E-state index is -0.915. The molecule has 168 valence electrons. The van der Waals surface area contributed by atoms with Crippen molar-refractivity contribution in [1.82, 2.24) is 0 Å². The molecule has 0 unspecified atom stereocenters. The van der Waals surface area contributed by atoms with E-state index < -0.39 is 18.0 Å². The molecule has 1 amide bonds. The molecule has 0 bridgehead atoms. The van der Waals surface area contributed by atoms with Crippen molar-refractivity contribution < 1.29 is 23.9 Å². The van der Waals surface area contributed by atoms with E-state index in [-0.39, 0.29) is 24.7 Å². The summed E-state index contributed by atoms with van der Waals surface area (Å²) in [6, 6.07) is 23.6. The third kappa shape index (κ3) is 5.29. The average molecular weight is 443 g/mol. The first-order valence-corrected chi connectivity index (χ1v) is 10.9. The van der Waals surface area contributed by atoms with Gasteiger partial charge in [0.05, 0.1) is 5.92 Å². The number of hydrogen-bond acceptors (Lipinski definition) is 5.